The highest BCUT2D eigenvalue weighted by Gasteiger charge is 2.18. The van der Waals surface area contributed by atoms with E-state index in [1.807, 2.05) is 32.8 Å². The minimum absolute atomic E-state index is 0.0475. The molecule has 0 aliphatic heterocycles. The largest absolute Gasteiger partial charge is 0.337 e. The van der Waals surface area contributed by atoms with E-state index in [1.54, 1.807) is 23.1 Å². The number of alkyl halides is 2. The van der Waals surface area contributed by atoms with E-state index < -0.39 is 6.43 Å². The highest BCUT2D eigenvalue weighted by molar-refractivity contribution is 5.92. The molecule has 2 amide bonds. The van der Waals surface area contributed by atoms with E-state index >= 15 is 0 Å². The molecule has 132 valence electrons. The SMILES string of the molecule is CC(C)N(CCN(C)C)C(=O)Nc1ccc2nc(C(F)F)[nH]c2c1. The molecule has 0 bridgehead atoms. The Morgan fingerprint density at radius 1 is 1.29 bits per heavy atom. The van der Waals surface area contributed by atoms with Gasteiger partial charge in [0.2, 0.25) is 0 Å². The van der Waals surface area contributed by atoms with Crippen LogP contribution < -0.4 is 5.32 Å². The summed E-state index contributed by atoms with van der Waals surface area (Å²) in [5, 5.41) is 2.81. The molecular weight excluding hydrogens is 316 g/mol. The van der Waals surface area contributed by atoms with Gasteiger partial charge in [0, 0.05) is 24.8 Å². The second-order valence-electron chi connectivity index (χ2n) is 6.18. The van der Waals surface area contributed by atoms with Crippen LogP contribution in [0.25, 0.3) is 11.0 Å². The average Bonchev–Trinajstić information content (AvgIpc) is 2.90. The molecule has 24 heavy (non-hydrogen) atoms. The van der Waals surface area contributed by atoms with Gasteiger partial charge in [-0.25, -0.2) is 18.6 Å². The maximum Gasteiger partial charge on any atom is 0.322 e. The number of anilines is 1. The number of aromatic amines is 1. The number of imidazole rings is 1. The van der Waals surface area contributed by atoms with Crippen molar-refractivity contribution >= 4 is 22.8 Å². The normalized spacial score (nSPS) is 11.7. The van der Waals surface area contributed by atoms with Crippen molar-refractivity contribution < 1.29 is 13.6 Å². The van der Waals surface area contributed by atoms with Gasteiger partial charge in [-0.3, -0.25) is 0 Å². The molecule has 0 aliphatic carbocycles. The number of nitrogens with zero attached hydrogens (tertiary/aromatic N) is 3. The van der Waals surface area contributed by atoms with Crippen molar-refractivity contribution in [1.82, 2.24) is 19.8 Å². The molecule has 2 rings (SSSR count). The van der Waals surface area contributed by atoms with E-state index in [0.29, 0.717) is 23.3 Å². The highest BCUT2D eigenvalue weighted by Crippen LogP contribution is 2.22. The zero-order valence-corrected chi connectivity index (χ0v) is 14.3. The molecule has 1 aromatic carbocycles. The zero-order valence-electron chi connectivity index (χ0n) is 14.3. The molecule has 0 aliphatic rings. The van der Waals surface area contributed by atoms with Crippen LogP contribution in [0.2, 0.25) is 0 Å². The van der Waals surface area contributed by atoms with Gasteiger partial charge in [0.05, 0.1) is 11.0 Å². The van der Waals surface area contributed by atoms with E-state index in [2.05, 4.69) is 15.3 Å². The average molecular weight is 339 g/mol. The van der Waals surface area contributed by atoms with Crippen LogP contribution in [0.1, 0.15) is 26.1 Å². The van der Waals surface area contributed by atoms with Crippen molar-refractivity contribution in [2.24, 2.45) is 0 Å². The molecule has 0 unspecified atom stereocenters. The topological polar surface area (TPSA) is 64.3 Å². The first-order valence-corrected chi connectivity index (χ1v) is 7.78. The van der Waals surface area contributed by atoms with Crippen LogP contribution in [-0.4, -0.2) is 59.0 Å². The Morgan fingerprint density at radius 2 is 2.00 bits per heavy atom. The lowest BCUT2D eigenvalue weighted by Gasteiger charge is -2.28. The molecule has 2 aromatic rings. The van der Waals surface area contributed by atoms with Crippen molar-refractivity contribution in [3.05, 3.63) is 24.0 Å². The fourth-order valence-corrected chi connectivity index (χ4v) is 2.31. The summed E-state index contributed by atoms with van der Waals surface area (Å²) < 4.78 is 25.4. The number of benzene rings is 1. The van der Waals surface area contributed by atoms with Gasteiger partial charge in [0.15, 0.2) is 5.82 Å². The molecule has 0 atom stereocenters. The quantitative estimate of drug-likeness (QED) is 0.849. The molecule has 0 spiro atoms. The van der Waals surface area contributed by atoms with Crippen molar-refractivity contribution in [2.75, 3.05) is 32.5 Å². The van der Waals surface area contributed by atoms with Crippen LogP contribution in [0.5, 0.6) is 0 Å². The van der Waals surface area contributed by atoms with Gasteiger partial charge in [0.25, 0.3) is 6.43 Å². The lowest BCUT2D eigenvalue weighted by molar-refractivity contribution is 0.142. The first-order chi connectivity index (χ1) is 11.3. The molecule has 8 heteroatoms. The third-order valence-corrected chi connectivity index (χ3v) is 3.63. The molecule has 0 saturated heterocycles. The van der Waals surface area contributed by atoms with Gasteiger partial charge in [0.1, 0.15) is 0 Å². The van der Waals surface area contributed by atoms with Crippen molar-refractivity contribution in [3.63, 3.8) is 0 Å². The molecule has 1 heterocycles. The Kier molecular flexibility index (Phi) is 5.71. The predicted octanol–water partition coefficient (Wildman–Crippen LogP) is 3.30. The first-order valence-electron chi connectivity index (χ1n) is 7.78. The van der Waals surface area contributed by atoms with Crippen molar-refractivity contribution in [1.29, 1.82) is 0 Å². The van der Waals surface area contributed by atoms with Crippen LogP contribution >= 0.6 is 0 Å². The molecule has 1 aromatic heterocycles. The van der Waals surface area contributed by atoms with Gasteiger partial charge in [-0.05, 0) is 46.1 Å². The van der Waals surface area contributed by atoms with E-state index in [0.717, 1.165) is 6.54 Å². The lowest BCUT2D eigenvalue weighted by Crippen LogP contribution is -2.43. The number of carbonyl (C=O) groups excluding carboxylic acids is 1. The van der Waals surface area contributed by atoms with Crippen LogP contribution in [0.3, 0.4) is 0 Å². The van der Waals surface area contributed by atoms with E-state index in [1.165, 1.54) is 0 Å². The summed E-state index contributed by atoms with van der Waals surface area (Å²) in [6.07, 6.45) is -2.65. The number of rotatable bonds is 6. The van der Waals surface area contributed by atoms with E-state index in [4.69, 9.17) is 0 Å². The number of likely N-dealkylation sites (N-methyl/N-ethyl adjacent to an activating group) is 1. The minimum atomic E-state index is -2.65. The molecule has 0 saturated carbocycles. The number of urea groups is 1. The van der Waals surface area contributed by atoms with E-state index in [9.17, 15) is 13.6 Å². The Bertz CT molecular complexity index is 699. The number of hydrogen-bond donors (Lipinski definition) is 2. The number of fused-ring (bicyclic) bond motifs is 1. The van der Waals surface area contributed by atoms with Crippen molar-refractivity contribution in [3.8, 4) is 0 Å². The minimum Gasteiger partial charge on any atom is -0.337 e. The molecule has 0 fully saturated rings. The number of hydrogen-bond acceptors (Lipinski definition) is 3. The number of aromatic nitrogens is 2. The Labute approximate surface area is 139 Å². The lowest BCUT2D eigenvalue weighted by atomic mass is 10.2. The Hall–Kier alpha value is -2.22. The van der Waals surface area contributed by atoms with E-state index in [-0.39, 0.29) is 17.9 Å². The number of halogens is 2. The van der Waals surface area contributed by atoms with Crippen LogP contribution in [-0.2, 0) is 0 Å². The summed E-state index contributed by atoms with van der Waals surface area (Å²) in [5.41, 5.74) is 1.44. The smallest absolute Gasteiger partial charge is 0.322 e. The van der Waals surface area contributed by atoms with Gasteiger partial charge in [-0.15, -0.1) is 0 Å². The van der Waals surface area contributed by atoms with Crippen LogP contribution in [0.4, 0.5) is 19.3 Å². The second kappa shape index (κ2) is 7.57. The zero-order chi connectivity index (χ0) is 17.9. The first kappa shape index (κ1) is 18.1. The summed E-state index contributed by atoms with van der Waals surface area (Å²) in [5.74, 6) is -0.372. The fraction of sp³-hybridized carbons (Fsp3) is 0.500. The second-order valence-corrected chi connectivity index (χ2v) is 6.18. The summed E-state index contributed by atoms with van der Waals surface area (Å²) in [7, 11) is 3.90. The van der Waals surface area contributed by atoms with Gasteiger partial charge < -0.3 is 20.1 Å². The van der Waals surface area contributed by atoms with Gasteiger partial charge in [-0.2, -0.15) is 0 Å². The Morgan fingerprint density at radius 3 is 2.58 bits per heavy atom. The van der Waals surface area contributed by atoms with Gasteiger partial charge >= 0.3 is 6.03 Å². The number of H-pyrrole nitrogens is 1. The summed E-state index contributed by atoms with van der Waals surface area (Å²) >= 11 is 0. The van der Waals surface area contributed by atoms with Gasteiger partial charge in [-0.1, -0.05) is 0 Å². The van der Waals surface area contributed by atoms with Crippen molar-refractivity contribution in [2.45, 2.75) is 26.3 Å². The number of nitrogens with one attached hydrogen (secondary N) is 2. The maximum absolute atomic E-state index is 12.7. The standard InChI is InChI=1S/C16H23F2N5O/c1-10(2)23(8-7-22(3)4)16(24)19-11-5-6-12-13(9-11)21-15(20-12)14(17)18/h5-6,9-10,14H,7-8H2,1-4H3,(H,19,24)(H,20,21). The molecule has 6 nitrogen and oxygen atoms in total. The highest BCUT2D eigenvalue weighted by atomic mass is 19.3. The number of amides is 2. The summed E-state index contributed by atoms with van der Waals surface area (Å²) in [6, 6.07) is 4.69. The van der Waals surface area contributed by atoms with Crippen LogP contribution in [0, 0.1) is 0 Å². The molecule has 0 radical (unpaired) electrons. The third kappa shape index (κ3) is 4.41. The predicted molar refractivity (Wildman–Crippen MR) is 90.5 cm³/mol. The number of carbonyl (C=O) groups is 1. The molecule has 2 N–H and O–H groups in total. The summed E-state index contributed by atoms with van der Waals surface area (Å²) in [6.45, 7) is 5.24. The maximum atomic E-state index is 12.7. The summed E-state index contributed by atoms with van der Waals surface area (Å²) in [4.78, 5) is 22.6. The third-order valence-electron chi connectivity index (χ3n) is 3.63. The Balaban J connectivity index is 2.13. The molecular formula is C16H23F2N5O. The van der Waals surface area contributed by atoms with Crippen LogP contribution in [0.15, 0.2) is 18.2 Å². The fourth-order valence-electron chi connectivity index (χ4n) is 2.31. The monoisotopic (exact) mass is 339 g/mol.